The number of nitrogens with zero attached hydrogens (tertiary/aromatic N) is 2. The molecule has 0 unspecified atom stereocenters. The van der Waals surface area contributed by atoms with Crippen LogP contribution in [0.4, 0.5) is 15.9 Å². The molecule has 2 aromatic rings. The molecule has 0 spiro atoms. The number of piperidine rings is 1. The van der Waals surface area contributed by atoms with E-state index in [-0.39, 0.29) is 11.7 Å². The number of amides is 1. The molecular formula is C17H18FN3O. The maximum atomic E-state index is 13.2. The van der Waals surface area contributed by atoms with Gasteiger partial charge in [-0.15, -0.1) is 0 Å². The summed E-state index contributed by atoms with van der Waals surface area (Å²) in [5, 5.41) is 2.73. The van der Waals surface area contributed by atoms with Gasteiger partial charge in [-0.1, -0.05) is 6.07 Å². The molecule has 1 aromatic heterocycles. The number of benzene rings is 1. The van der Waals surface area contributed by atoms with Crippen LogP contribution in [0, 0.1) is 5.82 Å². The first-order valence-electron chi connectivity index (χ1n) is 7.51. The highest BCUT2D eigenvalue weighted by Crippen LogP contribution is 2.22. The standard InChI is InChI=1S/C17H18FN3O/c18-13-6-4-7-14(12-13)20-17(22)15-8-5-9-19-16(15)21-10-2-1-3-11-21/h4-9,12H,1-3,10-11H2,(H,20,22). The lowest BCUT2D eigenvalue weighted by molar-refractivity contribution is 0.102. The Kier molecular flexibility index (Phi) is 4.32. The van der Waals surface area contributed by atoms with Crippen molar-refractivity contribution < 1.29 is 9.18 Å². The minimum atomic E-state index is -0.375. The second-order valence-corrected chi connectivity index (χ2v) is 5.39. The minimum absolute atomic E-state index is 0.265. The number of anilines is 2. The van der Waals surface area contributed by atoms with Gasteiger partial charge in [0.15, 0.2) is 0 Å². The van der Waals surface area contributed by atoms with E-state index in [0.29, 0.717) is 17.1 Å². The number of hydrogen-bond acceptors (Lipinski definition) is 3. The van der Waals surface area contributed by atoms with Gasteiger partial charge in [-0.25, -0.2) is 9.37 Å². The maximum absolute atomic E-state index is 13.2. The van der Waals surface area contributed by atoms with Crippen molar-refractivity contribution in [2.24, 2.45) is 0 Å². The van der Waals surface area contributed by atoms with Crippen LogP contribution in [-0.2, 0) is 0 Å². The van der Waals surface area contributed by atoms with E-state index >= 15 is 0 Å². The topological polar surface area (TPSA) is 45.2 Å². The first kappa shape index (κ1) is 14.5. The molecule has 0 atom stereocenters. The van der Waals surface area contributed by atoms with Crippen molar-refractivity contribution in [2.75, 3.05) is 23.3 Å². The summed E-state index contributed by atoms with van der Waals surface area (Å²) in [6.07, 6.45) is 5.14. The fourth-order valence-electron chi connectivity index (χ4n) is 2.70. The van der Waals surface area contributed by atoms with Crippen LogP contribution in [0.1, 0.15) is 29.6 Å². The number of halogens is 1. The van der Waals surface area contributed by atoms with Gasteiger partial charge in [0, 0.05) is 25.0 Å². The van der Waals surface area contributed by atoms with Crippen molar-refractivity contribution in [3.8, 4) is 0 Å². The Bertz CT molecular complexity index is 668. The monoisotopic (exact) mass is 299 g/mol. The molecule has 1 aromatic carbocycles. The predicted molar refractivity (Wildman–Crippen MR) is 84.7 cm³/mol. The van der Waals surface area contributed by atoms with Crippen LogP contribution in [-0.4, -0.2) is 24.0 Å². The van der Waals surface area contributed by atoms with Gasteiger partial charge in [-0.05, 0) is 49.6 Å². The van der Waals surface area contributed by atoms with E-state index in [9.17, 15) is 9.18 Å². The van der Waals surface area contributed by atoms with Crippen molar-refractivity contribution >= 4 is 17.4 Å². The Morgan fingerprint density at radius 3 is 2.73 bits per heavy atom. The first-order chi connectivity index (χ1) is 10.7. The summed E-state index contributed by atoms with van der Waals surface area (Å²) in [7, 11) is 0. The van der Waals surface area contributed by atoms with Gasteiger partial charge in [-0.3, -0.25) is 4.79 Å². The Morgan fingerprint density at radius 1 is 1.14 bits per heavy atom. The molecule has 1 N–H and O–H groups in total. The molecule has 3 rings (SSSR count). The van der Waals surface area contributed by atoms with Crippen LogP contribution in [0.2, 0.25) is 0 Å². The Labute approximate surface area is 129 Å². The summed E-state index contributed by atoms with van der Waals surface area (Å²) in [5.74, 6) is 0.0654. The molecule has 114 valence electrons. The summed E-state index contributed by atoms with van der Waals surface area (Å²) in [6, 6.07) is 9.38. The summed E-state index contributed by atoms with van der Waals surface area (Å²) in [6.45, 7) is 1.83. The largest absolute Gasteiger partial charge is 0.356 e. The lowest BCUT2D eigenvalue weighted by Crippen LogP contribution is -2.32. The number of nitrogens with one attached hydrogen (secondary N) is 1. The van der Waals surface area contributed by atoms with Gasteiger partial charge < -0.3 is 10.2 Å². The Hall–Kier alpha value is -2.43. The molecule has 0 saturated carbocycles. The Balaban J connectivity index is 1.83. The number of hydrogen-bond donors (Lipinski definition) is 1. The molecule has 1 aliphatic rings. The van der Waals surface area contributed by atoms with Gasteiger partial charge >= 0.3 is 0 Å². The molecule has 1 amide bonds. The van der Waals surface area contributed by atoms with Gasteiger partial charge in [-0.2, -0.15) is 0 Å². The molecule has 4 nitrogen and oxygen atoms in total. The van der Waals surface area contributed by atoms with Crippen LogP contribution in [0.15, 0.2) is 42.6 Å². The normalized spacial score (nSPS) is 14.7. The molecule has 2 heterocycles. The predicted octanol–water partition coefficient (Wildman–Crippen LogP) is 3.46. The molecule has 1 saturated heterocycles. The zero-order valence-electron chi connectivity index (χ0n) is 12.3. The molecule has 0 aliphatic carbocycles. The number of rotatable bonds is 3. The molecule has 0 radical (unpaired) electrons. The average molecular weight is 299 g/mol. The lowest BCUT2D eigenvalue weighted by atomic mass is 10.1. The fourth-order valence-corrected chi connectivity index (χ4v) is 2.70. The van der Waals surface area contributed by atoms with Crippen molar-refractivity contribution in [1.82, 2.24) is 4.98 Å². The summed E-state index contributed by atoms with van der Waals surface area (Å²) in [4.78, 5) is 19.0. The Morgan fingerprint density at radius 2 is 1.95 bits per heavy atom. The number of aromatic nitrogens is 1. The first-order valence-corrected chi connectivity index (χ1v) is 7.51. The highest BCUT2D eigenvalue weighted by Gasteiger charge is 2.19. The third-order valence-electron chi connectivity index (χ3n) is 3.77. The van der Waals surface area contributed by atoms with Crippen LogP contribution in [0.25, 0.3) is 0 Å². The summed E-state index contributed by atoms with van der Waals surface area (Å²) in [5.41, 5.74) is 0.965. The van der Waals surface area contributed by atoms with Crippen LogP contribution in [0.5, 0.6) is 0 Å². The van der Waals surface area contributed by atoms with E-state index in [4.69, 9.17) is 0 Å². The van der Waals surface area contributed by atoms with Gasteiger partial charge in [0.2, 0.25) is 0 Å². The van der Waals surface area contributed by atoms with Crippen molar-refractivity contribution in [3.05, 3.63) is 54.0 Å². The number of pyridine rings is 1. The van der Waals surface area contributed by atoms with Crippen LogP contribution in [0.3, 0.4) is 0 Å². The van der Waals surface area contributed by atoms with E-state index in [2.05, 4.69) is 15.2 Å². The third kappa shape index (κ3) is 3.24. The number of carbonyl (C=O) groups excluding carboxylic acids is 1. The SMILES string of the molecule is O=C(Nc1cccc(F)c1)c1cccnc1N1CCCCC1. The molecule has 1 aliphatic heterocycles. The molecule has 0 bridgehead atoms. The second kappa shape index (κ2) is 6.56. The summed E-state index contributed by atoms with van der Waals surface area (Å²) < 4.78 is 13.2. The highest BCUT2D eigenvalue weighted by molar-refractivity contribution is 6.07. The molecule has 22 heavy (non-hydrogen) atoms. The van der Waals surface area contributed by atoms with E-state index in [0.717, 1.165) is 25.9 Å². The van der Waals surface area contributed by atoms with E-state index in [1.54, 1.807) is 30.5 Å². The van der Waals surface area contributed by atoms with E-state index < -0.39 is 0 Å². The average Bonchev–Trinajstić information content (AvgIpc) is 2.56. The van der Waals surface area contributed by atoms with Crippen molar-refractivity contribution in [3.63, 3.8) is 0 Å². The van der Waals surface area contributed by atoms with Gasteiger partial charge in [0.05, 0.1) is 5.56 Å². The van der Waals surface area contributed by atoms with Gasteiger partial charge in [0.25, 0.3) is 5.91 Å². The van der Waals surface area contributed by atoms with Crippen LogP contribution < -0.4 is 10.2 Å². The van der Waals surface area contributed by atoms with Crippen LogP contribution >= 0.6 is 0 Å². The van der Waals surface area contributed by atoms with Crippen molar-refractivity contribution in [1.29, 1.82) is 0 Å². The minimum Gasteiger partial charge on any atom is -0.356 e. The molecule has 5 heteroatoms. The molecule has 1 fully saturated rings. The third-order valence-corrected chi connectivity index (χ3v) is 3.77. The maximum Gasteiger partial charge on any atom is 0.259 e. The highest BCUT2D eigenvalue weighted by atomic mass is 19.1. The quantitative estimate of drug-likeness (QED) is 0.944. The smallest absolute Gasteiger partial charge is 0.259 e. The summed E-state index contributed by atoms with van der Waals surface area (Å²) >= 11 is 0. The lowest BCUT2D eigenvalue weighted by Gasteiger charge is -2.29. The zero-order valence-corrected chi connectivity index (χ0v) is 12.3. The second-order valence-electron chi connectivity index (χ2n) is 5.39. The van der Waals surface area contributed by atoms with E-state index in [1.165, 1.54) is 18.6 Å². The van der Waals surface area contributed by atoms with E-state index in [1.807, 2.05) is 0 Å². The van der Waals surface area contributed by atoms with Gasteiger partial charge in [0.1, 0.15) is 11.6 Å². The number of carbonyl (C=O) groups is 1. The van der Waals surface area contributed by atoms with Crippen molar-refractivity contribution in [2.45, 2.75) is 19.3 Å². The zero-order chi connectivity index (χ0) is 15.4. The fraction of sp³-hybridized carbons (Fsp3) is 0.294. The molecular weight excluding hydrogens is 281 g/mol.